The number of anilines is 1. The summed E-state index contributed by atoms with van der Waals surface area (Å²) in [6.45, 7) is 4.43. The molecule has 0 bridgehead atoms. The van der Waals surface area contributed by atoms with Gasteiger partial charge in [-0.25, -0.2) is 4.98 Å². The molecule has 0 spiro atoms. The molecule has 2 rings (SSSR count). The van der Waals surface area contributed by atoms with Gasteiger partial charge in [-0.3, -0.25) is 0 Å². The number of aromatic nitrogens is 1. The number of nitrogen functional groups attached to an aromatic ring is 1. The molecule has 18 heavy (non-hydrogen) atoms. The Balaban J connectivity index is 2.19. The molecule has 3 nitrogen and oxygen atoms in total. The van der Waals surface area contributed by atoms with Crippen molar-refractivity contribution in [2.45, 2.75) is 45.6 Å². The molecule has 1 atom stereocenters. The van der Waals surface area contributed by atoms with Crippen LogP contribution in [-0.4, -0.2) is 12.0 Å². The average molecular weight is 247 g/mol. The molecule has 1 aliphatic rings. The Kier molecular flexibility index (Phi) is 4.23. The molecule has 3 heteroatoms. The van der Waals surface area contributed by atoms with E-state index in [1.807, 2.05) is 13.2 Å². The summed E-state index contributed by atoms with van der Waals surface area (Å²) >= 11 is 0. The van der Waals surface area contributed by atoms with Gasteiger partial charge in [0.2, 0.25) is 0 Å². The fourth-order valence-electron chi connectivity index (χ4n) is 3.12. The minimum Gasteiger partial charge on any atom is -0.383 e. The summed E-state index contributed by atoms with van der Waals surface area (Å²) < 4.78 is 0. The van der Waals surface area contributed by atoms with Crippen molar-refractivity contribution in [1.29, 1.82) is 0 Å². The van der Waals surface area contributed by atoms with E-state index in [4.69, 9.17) is 5.73 Å². The molecule has 0 aromatic carbocycles. The number of nitrogens with two attached hydrogens (primary N) is 1. The second-order valence-corrected chi connectivity index (χ2v) is 5.77. The van der Waals surface area contributed by atoms with Crippen LogP contribution < -0.4 is 11.1 Å². The Hall–Kier alpha value is -1.09. The van der Waals surface area contributed by atoms with Crippen LogP contribution in [0.1, 0.15) is 49.8 Å². The number of aryl methyl sites for hydroxylation is 1. The minimum atomic E-state index is 0.352. The molecule has 100 valence electrons. The van der Waals surface area contributed by atoms with Crippen molar-refractivity contribution in [3.05, 3.63) is 23.4 Å². The van der Waals surface area contributed by atoms with E-state index in [9.17, 15) is 0 Å². The highest BCUT2D eigenvalue weighted by Gasteiger charge is 2.27. The van der Waals surface area contributed by atoms with Crippen LogP contribution in [0.15, 0.2) is 12.3 Å². The molecule has 1 heterocycles. The van der Waals surface area contributed by atoms with Gasteiger partial charge in [-0.2, -0.15) is 0 Å². The van der Waals surface area contributed by atoms with Crippen molar-refractivity contribution in [2.24, 2.45) is 11.8 Å². The van der Waals surface area contributed by atoms with Crippen LogP contribution in [0.5, 0.6) is 0 Å². The van der Waals surface area contributed by atoms with Crippen LogP contribution >= 0.6 is 0 Å². The fourth-order valence-corrected chi connectivity index (χ4v) is 3.12. The van der Waals surface area contributed by atoms with Crippen molar-refractivity contribution < 1.29 is 0 Å². The molecular weight excluding hydrogens is 222 g/mol. The average Bonchev–Trinajstić information content (AvgIpc) is 2.37. The van der Waals surface area contributed by atoms with Gasteiger partial charge in [0.05, 0.1) is 0 Å². The molecule has 0 amide bonds. The van der Waals surface area contributed by atoms with E-state index < -0.39 is 0 Å². The van der Waals surface area contributed by atoms with E-state index in [1.165, 1.54) is 36.8 Å². The van der Waals surface area contributed by atoms with Gasteiger partial charge in [0, 0.05) is 17.8 Å². The van der Waals surface area contributed by atoms with E-state index >= 15 is 0 Å². The molecule has 1 aromatic rings. The Morgan fingerprint density at radius 3 is 2.61 bits per heavy atom. The van der Waals surface area contributed by atoms with Crippen molar-refractivity contribution in [3.8, 4) is 0 Å². The van der Waals surface area contributed by atoms with E-state index in [0.29, 0.717) is 17.8 Å². The molecule has 0 radical (unpaired) electrons. The first-order chi connectivity index (χ1) is 8.61. The van der Waals surface area contributed by atoms with Gasteiger partial charge in [-0.05, 0) is 50.3 Å². The second-order valence-electron chi connectivity index (χ2n) is 5.77. The first-order valence-electron chi connectivity index (χ1n) is 7.01. The summed E-state index contributed by atoms with van der Waals surface area (Å²) in [5.74, 6) is 2.25. The van der Waals surface area contributed by atoms with Gasteiger partial charge in [-0.1, -0.05) is 19.8 Å². The first kappa shape index (κ1) is 13.3. The van der Waals surface area contributed by atoms with Gasteiger partial charge in [-0.15, -0.1) is 0 Å². The quantitative estimate of drug-likeness (QED) is 0.863. The SMILES string of the molecule is CNC(c1cc(C)cnc1N)C1CCC(C)CC1. The zero-order valence-electron chi connectivity index (χ0n) is 11.7. The zero-order chi connectivity index (χ0) is 13.1. The normalized spacial score (nSPS) is 25.9. The van der Waals surface area contributed by atoms with E-state index in [2.05, 4.69) is 30.2 Å². The number of nitrogens with one attached hydrogen (secondary N) is 1. The van der Waals surface area contributed by atoms with Crippen LogP contribution in [0, 0.1) is 18.8 Å². The molecular formula is C15H25N3. The van der Waals surface area contributed by atoms with Gasteiger partial charge >= 0.3 is 0 Å². The summed E-state index contributed by atoms with van der Waals surface area (Å²) in [7, 11) is 2.03. The van der Waals surface area contributed by atoms with Crippen molar-refractivity contribution in [3.63, 3.8) is 0 Å². The second kappa shape index (κ2) is 5.70. The largest absolute Gasteiger partial charge is 0.383 e. The lowest BCUT2D eigenvalue weighted by atomic mass is 9.77. The topological polar surface area (TPSA) is 50.9 Å². The summed E-state index contributed by atoms with van der Waals surface area (Å²) in [5, 5.41) is 3.45. The predicted octanol–water partition coefficient (Wildman–Crippen LogP) is 3.06. The fraction of sp³-hybridized carbons (Fsp3) is 0.667. The Labute approximate surface area is 110 Å². The Bertz CT molecular complexity index is 395. The van der Waals surface area contributed by atoms with Crippen LogP contribution in [-0.2, 0) is 0 Å². The van der Waals surface area contributed by atoms with Gasteiger partial charge in [0.1, 0.15) is 5.82 Å². The number of pyridine rings is 1. The molecule has 0 aliphatic heterocycles. The lowest BCUT2D eigenvalue weighted by Crippen LogP contribution is -2.29. The molecule has 1 saturated carbocycles. The minimum absolute atomic E-state index is 0.352. The van der Waals surface area contributed by atoms with Crippen LogP contribution in [0.4, 0.5) is 5.82 Å². The maximum Gasteiger partial charge on any atom is 0.128 e. The third-order valence-electron chi connectivity index (χ3n) is 4.26. The van der Waals surface area contributed by atoms with E-state index in [-0.39, 0.29) is 0 Å². The lowest BCUT2D eigenvalue weighted by Gasteiger charge is -2.33. The number of hydrogen-bond acceptors (Lipinski definition) is 3. The zero-order valence-corrected chi connectivity index (χ0v) is 11.7. The maximum absolute atomic E-state index is 6.05. The number of rotatable bonds is 3. The number of nitrogens with zero attached hydrogens (tertiary/aromatic N) is 1. The van der Waals surface area contributed by atoms with Gasteiger partial charge in [0.15, 0.2) is 0 Å². The highest BCUT2D eigenvalue weighted by Crippen LogP contribution is 2.37. The van der Waals surface area contributed by atoms with Crippen LogP contribution in [0.25, 0.3) is 0 Å². The maximum atomic E-state index is 6.05. The highest BCUT2D eigenvalue weighted by atomic mass is 14.9. The molecule has 1 aliphatic carbocycles. The van der Waals surface area contributed by atoms with Gasteiger partial charge in [0.25, 0.3) is 0 Å². The third-order valence-corrected chi connectivity index (χ3v) is 4.26. The first-order valence-corrected chi connectivity index (χ1v) is 7.01. The smallest absolute Gasteiger partial charge is 0.128 e. The van der Waals surface area contributed by atoms with E-state index in [1.54, 1.807) is 0 Å². The molecule has 1 fully saturated rings. The van der Waals surface area contributed by atoms with Crippen molar-refractivity contribution in [2.75, 3.05) is 12.8 Å². The predicted molar refractivity (Wildman–Crippen MR) is 76.3 cm³/mol. The Morgan fingerprint density at radius 2 is 2.00 bits per heavy atom. The van der Waals surface area contributed by atoms with Crippen molar-refractivity contribution in [1.82, 2.24) is 10.3 Å². The van der Waals surface area contributed by atoms with Crippen LogP contribution in [0.2, 0.25) is 0 Å². The molecule has 3 N–H and O–H groups in total. The molecule has 1 aromatic heterocycles. The summed E-state index contributed by atoms with van der Waals surface area (Å²) in [4.78, 5) is 4.30. The highest BCUT2D eigenvalue weighted by molar-refractivity contribution is 5.43. The monoisotopic (exact) mass is 247 g/mol. The third kappa shape index (κ3) is 2.83. The van der Waals surface area contributed by atoms with Crippen LogP contribution in [0.3, 0.4) is 0 Å². The van der Waals surface area contributed by atoms with Crippen molar-refractivity contribution >= 4 is 5.82 Å². The van der Waals surface area contributed by atoms with E-state index in [0.717, 1.165) is 5.92 Å². The standard InChI is InChI=1S/C15H25N3/c1-10-4-6-12(7-5-10)14(17-3)13-8-11(2)9-18-15(13)16/h8-10,12,14,17H,4-7H2,1-3H3,(H2,16,18). The molecule has 1 unspecified atom stereocenters. The summed E-state index contributed by atoms with van der Waals surface area (Å²) in [6, 6.07) is 2.53. The Morgan fingerprint density at radius 1 is 1.33 bits per heavy atom. The summed E-state index contributed by atoms with van der Waals surface area (Å²) in [6.07, 6.45) is 7.10. The molecule has 0 saturated heterocycles. The van der Waals surface area contributed by atoms with Gasteiger partial charge < -0.3 is 11.1 Å². The summed E-state index contributed by atoms with van der Waals surface area (Å²) in [5.41, 5.74) is 8.41. The lowest BCUT2D eigenvalue weighted by molar-refractivity contribution is 0.238. The number of hydrogen-bond donors (Lipinski definition) is 2.